The van der Waals surface area contributed by atoms with Crippen LogP contribution in [0.5, 0.6) is 0 Å². The van der Waals surface area contributed by atoms with Crippen LogP contribution >= 0.6 is 22.6 Å². The van der Waals surface area contributed by atoms with Gasteiger partial charge in [-0.3, -0.25) is 0 Å². The Bertz CT molecular complexity index is 488. The van der Waals surface area contributed by atoms with Gasteiger partial charge in [-0.25, -0.2) is 4.79 Å². The van der Waals surface area contributed by atoms with Gasteiger partial charge in [0.05, 0.1) is 5.56 Å². The molecule has 0 radical (unpaired) electrons. The molecule has 0 bridgehead atoms. The van der Waals surface area contributed by atoms with Crippen molar-refractivity contribution in [2.45, 2.75) is 0 Å². The van der Waals surface area contributed by atoms with Gasteiger partial charge in [-0.05, 0) is 40.3 Å². The van der Waals surface area contributed by atoms with Gasteiger partial charge in [0.25, 0.3) is 0 Å². The van der Waals surface area contributed by atoms with Crippen LogP contribution in [-0.4, -0.2) is 16.1 Å². The van der Waals surface area contributed by atoms with E-state index in [0.717, 1.165) is 14.7 Å². The monoisotopic (exact) mass is 313 g/mol. The Morgan fingerprint density at radius 2 is 1.87 bits per heavy atom. The van der Waals surface area contributed by atoms with Gasteiger partial charge in [0.1, 0.15) is 0 Å². The third-order valence-electron chi connectivity index (χ3n) is 2.13. The molecule has 4 heteroatoms. The fraction of sp³-hybridized carbons (Fsp3) is 0. The molecule has 0 fully saturated rings. The van der Waals surface area contributed by atoms with Crippen molar-refractivity contribution in [3.8, 4) is 11.1 Å². The van der Waals surface area contributed by atoms with Crippen LogP contribution in [0.4, 0.5) is 0 Å². The van der Waals surface area contributed by atoms with Crippen LogP contribution in [0.3, 0.4) is 0 Å². The summed E-state index contributed by atoms with van der Waals surface area (Å²) in [5.41, 5.74) is 1.93. The number of H-pyrrole nitrogens is 1. The number of aromatic amines is 1. The second-order valence-electron chi connectivity index (χ2n) is 3.09. The molecule has 0 atom stereocenters. The number of halogens is 1. The lowest BCUT2D eigenvalue weighted by atomic mass is 10.1. The zero-order chi connectivity index (χ0) is 10.8. The lowest BCUT2D eigenvalue weighted by molar-refractivity contribution is 0.0698. The number of nitrogens with one attached hydrogen (secondary N) is 1. The quantitative estimate of drug-likeness (QED) is 0.838. The average Bonchev–Trinajstić information content (AvgIpc) is 2.67. The molecule has 2 rings (SSSR count). The van der Waals surface area contributed by atoms with Crippen molar-refractivity contribution in [1.29, 1.82) is 0 Å². The van der Waals surface area contributed by atoms with E-state index in [1.807, 2.05) is 24.3 Å². The predicted molar refractivity (Wildman–Crippen MR) is 65.9 cm³/mol. The second kappa shape index (κ2) is 4.06. The topological polar surface area (TPSA) is 53.1 Å². The van der Waals surface area contributed by atoms with E-state index in [2.05, 4.69) is 27.6 Å². The molecule has 1 aromatic carbocycles. The Kier molecular flexibility index (Phi) is 2.77. The molecule has 1 heterocycles. The number of aromatic nitrogens is 1. The molecule has 2 N–H and O–H groups in total. The first-order valence-electron chi connectivity index (χ1n) is 4.34. The molecule has 0 aliphatic heterocycles. The highest BCUT2D eigenvalue weighted by atomic mass is 127. The van der Waals surface area contributed by atoms with E-state index in [1.165, 1.54) is 6.20 Å². The molecule has 0 saturated heterocycles. The molecule has 0 aliphatic carbocycles. The molecule has 15 heavy (non-hydrogen) atoms. The number of carboxylic acids is 1. The fourth-order valence-electron chi connectivity index (χ4n) is 1.41. The van der Waals surface area contributed by atoms with Crippen molar-refractivity contribution in [3.05, 3.63) is 45.8 Å². The van der Waals surface area contributed by atoms with Gasteiger partial charge in [0.15, 0.2) is 0 Å². The van der Waals surface area contributed by atoms with Gasteiger partial charge in [-0.1, -0.05) is 12.1 Å². The molecular weight excluding hydrogens is 305 g/mol. The van der Waals surface area contributed by atoms with Crippen molar-refractivity contribution in [1.82, 2.24) is 4.98 Å². The van der Waals surface area contributed by atoms with Gasteiger partial charge in [-0.15, -0.1) is 0 Å². The highest BCUT2D eigenvalue weighted by molar-refractivity contribution is 14.1. The van der Waals surface area contributed by atoms with Crippen LogP contribution in [0.2, 0.25) is 0 Å². The highest BCUT2D eigenvalue weighted by Gasteiger charge is 2.11. The minimum atomic E-state index is -0.912. The summed E-state index contributed by atoms with van der Waals surface area (Å²) in [5, 5.41) is 8.95. The molecular formula is C11H8INO2. The SMILES string of the molecule is O=C(O)c1c[nH]cc1-c1ccc(I)cc1. The van der Waals surface area contributed by atoms with Gasteiger partial charge in [-0.2, -0.15) is 0 Å². The van der Waals surface area contributed by atoms with E-state index in [-0.39, 0.29) is 0 Å². The summed E-state index contributed by atoms with van der Waals surface area (Å²) in [6.45, 7) is 0. The van der Waals surface area contributed by atoms with E-state index in [0.29, 0.717) is 5.56 Å². The summed E-state index contributed by atoms with van der Waals surface area (Å²) in [5.74, 6) is -0.912. The summed E-state index contributed by atoms with van der Waals surface area (Å²) in [6.07, 6.45) is 3.20. The van der Waals surface area contributed by atoms with E-state index in [9.17, 15) is 4.79 Å². The van der Waals surface area contributed by atoms with Gasteiger partial charge < -0.3 is 10.1 Å². The minimum absolute atomic E-state index is 0.302. The minimum Gasteiger partial charge on any atom is -0.478 e. The molecule has 0 unspecified atom stereocenters. The summed E-state index contributed by atoms with van der Waals surface area (Å²) in [7, 11) is 0. The molecule has 0 spiro atoms. The summed E-state index contributed by atoms with van der Waals surface area (Å²) in [4.78, 5) is 13.7. The van der Waals surface area contributed by atoms with E-state index in [4.69, 9.17) is 5.11 Å². The first-order valence-corrected chi connectivity index (χ1v) is 5.42. The number of rotatable bonds is 2. The molecule has 2 aromatic rings. The van der Waals surface area contributed by atoms with Crippen molar-refractivity contribution in [2.75, 3.05) is 0 Å². The average molecular weight is 313 g/mol. The summed E-state index contributed by atoms with van der Waals surface area (Å²) >= 11 is 2.21. The highest BCUT2D eigenvalue weighted by Crippen LogP contribution is 2.24. The zero-order valence-corrected chi connectivity index (χ0v) is 9.86. The molecule has 3 nitrogen and oxygen atoms in total. The predicted octanol–water partition coefficient (Wildman–Crippen LogP) is 2.98. The number of carbonyl (C=O) groups is 1. The first kappa shape index (κ1) is 10.2. The van der Waals surface area contributed by atoms with Crippen molar-refractivity contribution in [2.24, 2.45) is 0 Å². The van der Waals surface area contributed by atoms with Crippen molar-refractivity contribution >= 4 is 28.6 Å². The van der Waals surface area contributed by atoms with Crippen molar-refractivity contribution < 1.29 is 9.90 Å². The Morgan fingerprint density at radius 3 is 2.47 bits per heavy atom. The van der Waals surface area contributed by atoms with Crippen LogP contribution in [0, 0.1) is 3.57 Å². The van der Waals surface area contributed by atoms with Crippen LogP contribution < -0.4 is 0 Å². The molecule has 76 valence electrons. The van der Waals surface area contributed by atoms with E-state index in [1.54, 1.807) is 6.20 Å². The van der Waals surface area contributed by atoms with Gasteiger partial charge >= 0.3 is 5.97 Å². The number of hydrogen-bond acceptors (Lipinski definition) is 1. The Balaban J connectivity index is 2.49. The lowest BCUT2D eigenvalue weighted by Gasteiger charge is -2.00. The largest absolute Gasteiger partial charge is 0.478 e. The van der Waals surface area contributed by atoms with Gasteiger partial charge in [0.2, 0.25) is 0 Å². The molecule has 0 saturated carbocycles. The lowest BCUT2D eigenvalue weighted by Crippen LogP contribution is -1.95. The maximum absolute atomic E-state index is 10.9. The standard InChI is InChI=1S/C11H8INO2/c12-8-3-1-7(2-4-8)9-5-13-6-10(9)11(14)15/h1-6,13H,(H,14,15). The normalized spacial score (nSPS) is 10.2. The fourth-order valence-corrected chi connectivity index (χ4v) is 1.77. The first-order chi connectivity index (χ1) is 7.18. The van der Waals surface area contributed by atoms with E-state index >= 15 is 0 Å². The smallest absolute Gasteiger partial charge is 0.337 e. The Hall–Kier alpha value is -1.30. The Labute approximate surface area is 100 Å². The van der Waals surface area contributed by atoms with Crippen LogP contribution in [-0.2, 0) is 0 Å². The van der Waals surface area contributed by atoms with Gasteiger partial charge in [0, 0.05) is 21.5 Å². The van der Waals surface area contributed by atoms with Crippen LogP contribution in [0.15, 0.2) is 36.7 Å². The Morgan fingerprint density at radius 1 is 1.20 bits per heavy atom. The molecule has 1 aromatic heterocycles. The third-order valence-corrected chi connectivity index (χ3v) is 2.85. The number of benzene rings is 1. The van der Waals surface area contributed by atoms with Crippen LogP contribution in [0.1, 0.15) is 10.4 Å². The maximum atomic E-state index is 10.9. The van der Waals surface area contributed by atoms with Crippen LogP contribution in [0.25, 0.3) is 11.1 Å². The second-order valence-corrected chi connectivity index (χ2v) is 4.34. The number of carboxylic acid groups (broad SMARTS) is 1. The number of aromatic carboxylic acids is 1. The summed E-state index contributed by atoms with van der Waals surface area (Å²) in [6, 6.07) is 7.73. The molecule has 0 amide bonds. The zero-order valence-electron chi connectivity index (χ0n) is 7.70. The maximum Gasteiger partial charge on any atom is 0.337 e. The molecule has 0 aliphatic rings. The summed E-state index contributed by atoms with van der Waals surface area (Å²) < 4.78 is 1.13. The van der Waals surface area contributed by atoms with Crippen molar-refractivity contribution in [3.63, 3.8) is 0 Å². The number of hydrogen-bond donors (Lipinski definition) is 2. The van der Waals surface area contributed by atoms with E-state index < -0.39 is 5.97 Å². The third kappa shape index (κ3) is 2.04.